The minimum absolute atomic E-state index is 0.00208. The van der Waals surface area contributed by atoms with Crippen molar-refractivity contribution in [2.24, 2.45) is 0 Å². The summed E-state index contributed by atoms with van der Waals surface area (Å²) in [7, 11) is 0. The Morgan fingerprint density at radius 3 is 2.19 bits per heavy atom. The molecule has 0 unspecified atom stereocenters. The van der Waals surface area contributed by atoms with E-state index in [2.05, 4.69) is 0 Å². The Morgan fingerprint density at radius 2 is 1.56 bits per heavy atom. The fraction of sp³-hybridized carbons (Fsp3) is 0.235. The van der Waals surface area contributed by atoms with E-state index in [0.717, 1.165) is 0 Å². The van der Waals surface area contributed by atoms with Crippen molar-refractivity contribution >= 4 is 28.7 Å². The molecule has 2 aromatic carbocycles. The number of nitro groups is 2. The first-order valence-electron chi connectivity index (χ1n) is 8.20. The van der Waals surface area contributed by atoms with Crippen LogP contribution >= 0.6 is 0 Å². The first kappa shape index (κ1) is 18.1. The predicted molar refractivity (Wildman–Crippen MR) is 98.7 cm³/mol. The summed E-state index contributed by atoms with van der Waals surface area (Å²) in [6.07, 6.45) is 0. The Morgan fingerprint density at radius 1 is 0.926 bits per heavy atom. The zero-order valence-electron chi connectivity index (χ0n) is 14.3. The number of nitrogen functional groups attached to an aromatic ring is 1. The van der Waals surface area contributed by atoms with E-state index >= 15 is 0 Å². The van der Waals surface area contributed by atoms with Crippen LogP contribution in [0.25, 0.3) is 0 Å². The van der Waals surface area contributed by atoms with E-state index in [9.17, 15) is 25.0 Å². The fourth-order valence-electron chi connectivity index (χ4n) is 3.05. The van der Waals surface area contributed by atoms with Crippen molar-refractivity contribution in [1.82, 2.24) is 4.90 Å². The highest BCUT2D eigenvalue weighted by Gasteiger charge is 2.27. The number of hydrogen-bond acceptors (Lipinski definition) is 7. The van der Waals surface area contributed by atoms with Crippen LogP contribution in [0.4, 0.5) is 22.7 Å². The molecule has 0 saturated carbocycles. The topological polar surface area (TPSA) is 136 Å². The Balaban J connectivity index is 1.73. The Labute approximate surface area is 154 Å². The lowest BCUT2D eigenvalue weighted by atomic mass is 10.1. The molecule has 0 spiro atoms. The lowest BCUT2D eigenvalue weighted by Gasteiger charge is -2.35. The maximum Gasteiger partial charge on any atom is 0.292 e. The van der Waals surface area contributed by atoms with Gasteiger partial charge < -0.3 is 15.5 Å². The van der Waals surface area contributed by atoms with Crippen LogP contribution < -0.4 is 10.6 Å². The van der Waals surface area contributed by atoms with E-state index in [-0.39, 0.29) is 28.5 Å². The molecule has 10 heteroatoms. The van der Waals surface area contributed by atoms with Crippen molar-refractivity contribution in [2.75, 3.05) is 36.8 Å². The molecule has 1 saturated heterocycles. The molecule has 10 nitrogen and oxygen atoms in total. The maximum atomic E-state index is 12.6. The minimum Gasteiger partial charge on any atom is -0.393 e. The molecule has 3 rings (SSSR count). The van der Waals surface area contributed by atoms with Crippen LogP contribution in [0.2, 0.25) is 0 Å². The Kier molecular flexibility index (Phi) is 4.88. The molecular weight excluding hydrogens is 354 g/mol. The summed E-state index contributed by atoms with van der Waals surface area (Å²) >= 11 is 0. The summed E-state index contributed by atoms with van der Waals surface area (Å²) in [5.41, 5.74) is 5.98. The largest absolute Gasteiger partial charge is 0.393 e. The monoisotopic (exact) mass is 371 g/mol. The second-order valence-electron chi connectivity index (χ2n) is 6.06. The van der Waals surface area contributed by atoms with Crippen molar-refractivity contribution in [1.29, 1.82) is 0 Å². The minimum atomic E-state index is -0.626. The highest BCUT2D eigenvalue weighted by atomic mass is 16.6. The van der Waals surface area contributed by atoms with Gasteiger partial charge in [0.1, 0.15) is 11.4 Å². The average Bonchev–Trinajstić information content (AvgIpc) is 2.67. The van der Waals surface area contributed by atoms with Crippen LogP contribution in [-0.2, 0) is 0 Å². The van der Waals surface area contributed by atoms with Gasteiger partial charge in [0.25, 0.3) is 17.3 Å². The molecule has 1 aliphatic heterocycles. The first-order chi connectivity index (χ1) is 12.9. The summed E-state index contributed by atoms with van der Waals surface area (Å²) in [6, 6.07) is 10.4. The molecule has 2 aromatic rings. The van der Waals surface area contributed by atoms with Gasteiger partial charge >= 0.3 is 0 Å². The molecule has 1 fully saturated rings. The van der Waals surface area contributed by atoms with Gasteiger partial charge in [0.15, 0.2) is 0 Å². The van der Waals surface area contributed by atoms with Gasteiger partial charge in [0.2, 0.25) is 0 Å². The fourth-order valence-corrected chi connectivity index (χ4v) is 3.05. The number of amides is 1. The molecular formula is C17H17N5O5. The Hall–Kier alpha value is -3.69. The van der Waals surface area contributed by atoms with Gasteiger partial charge in [-0.1, -0.05) is 12.1 Å². The standard InChI is InChI=1S/C17H17N5O5/c18-13-6-5-12(11-16(13)22(26)27)17(23)20-9-7-19(8-10-20)14-3-1-2-4-15(14)21(24)25/h1-6,11H,7-10,18H2. The zero-order valence-corrected chi connectivity index (χ0v) is 14.3. The average molecular weight is 371 g/mol. The highest BCUT2D eigenvalue weighted by Crippen LogP contribution is 2.29. The molecule has 1 amide bonds. The second kappa shape index (κ2) is 7.28. The number of benzene rings is 2. The first-order valence-corrected chi connectivity index (χ1v) is 8.20. The number of rotatable bonds is 4. The van der Waals surface area contributed by atoms with Crippen molar-refractivity contribution in [3.63, 3.8) is 0 Å². The maximum absolute atomic E-state index is 12.6. The number of piperazine rings is 1. The van der Waals surface area contributed by atoms with Crippen molar-refractivity contribution in [2.45, 2.75) is 0 Å². The molecule has 1 aliphatic rings. The van der Waals surface area contributed by atoms with Gasteiger partial charge in [-0.2, -0.15) is 0 Å². The van der Waals surface area contributed by atoms with Crippen LogP contribution in [0.1, 0.15) is 10.4 Å². The second-order valence-corrected chi connectivity index (χ2v) is 6.06. The molecule has 2 N–H and O–H groups in total. The number of anilines is 2. The molecule has 0 radical (unpaired) electrons. The quantitative estimate of drug-likeness (QED) is 0.493. The smallest absolute Gasteiger partial charge is 0.292 e. The van der Waals surface area contributed by atoms with Gasteiger partial charge in [0.05, 0.1) is 9.85 Å². The molecule has 0 aromatic heterocycles. The summed E-state index contributed by atoms with van der Waals surface area (Å²) in [5, 5.41) is 22.2. The number of nitrogens with two attached hydrogens (primary N) is 1. The normalized spacial score (nSPS) is 14.1. The molecule has 140 valence electrons. The molecule has 1 heterocycles. The van der Waals surface area contributed by atoms with E-state index in [4.69, 9.17) is 5.73 Å². The van der Waals surface area contributed by atoms with Crippen LogP contribution in [0.15, 0.2) is 42.5 Å². The molecule has 27 heavy (non-hydrogen) atoms. The molecule has 0 atom stereocenters. The van der Waals surface area contributed by atoms with E-state index in [1.54, 1.807) is 23.1 Å². The van der Waals surface area contributed by atoms with E-state index in [0.29, 0.717) is 31.9 Å². The van der Waals surface area contributed by atoms with Crippen LogP contribution in [0, 0.1) is 20.2 Å². The van der Waals surface area contributed by atoms with Crippen molar-refractivity contribution in [3.05, 3.63) is 68.3 Å². The van der Waals surface area contributed by atoms with Gasteiger partial charge in [-0.3, -0.25) is 25.0 Å². The SMILES string of the molecule is Nc1ccc(C(=O)N2CCN(c3ccccc3[N+](=O)[O-])CC2)cc1[N+](=O)[O-]. The van der Waals surface area contributed by atoms with Gasteiger partial charge in [-0.25, -0.2) is 0 Å². The van der Waals surface area contributed by atoms with E-state index in [1.807, 2.05) is 4.90 Å². The zero-order chi connectivity index (χ0) is 19.6. The van der Waals surface area contributed by atoms with Crippen LogP contribution in [0.3, 0.4) is 0 Å². The van der Waals surface area contributed by atoms with Crippen LogP contribution in [-0.4, -0.2) is 46.8 Å². The van der Waals surface area contributed by atoms with Crippen molar-refractivity contribution in [3.8, 4) is 0 Å². The van der Waals surface area contributed by atoms with Gasteiger partial charge in [0, 0.05) is 43.9 Å². The number of carbonyl (C=O) groups is 1. The van der Waals surface area contributed by atoms with Gasteiger partial charge in [-0.05, 0) is 18.2 Å². The summed E-state index contributed by atoms with van der Waals surface area (Å²) in [5.74, 6) is -0.333. The number of nitro benzene ring substituents is 2. The third-order valence-electron chi connectivity index (χ3n) is 4.46. The molecule has 0 aliphatic carbocycles. The number of hydrogen-bond donors (Lipinski definition) is 1. The lowest BCUT2D eigenvalue weighted by molar-refractivity contribution is -0.384. The number of para-hydroxylation sites is 2. The Bertz CT molecular complexity index is 908. The van der Waals surface area contributed by atoms with Crippen molar-refractivity contribution < 1.29 is 14.6 Å². The third kappa shape index (κ3) is 3.64. The summed E-state index contributed by atoms with van der Waals surface area (Å²) < 4.78 is 0. The van der Waals surface area contributed by atoms with Crippen LogP contribution in [0.5, 0.6) is 0 Å². The summed E-state index contributed by atoms with van der Waals surface area (Å²) in [4.78, 5) is 37.2. The highest BCUT2D eigenvalue weighted by molar-refractivity contribution is 5.95. The van der Waals surface area contributed by atoms with Gasteiger partial charge in [-0.15, -0.1) is 0 Å². The summed E-state index contributed by atoms with van der Waals surface area (Å²) in [6.45, 7) is 1.55. The predicted octanol–water partition coefficient (Wildman–Crippen LogP) is 2.05. The number of carbonyl (C=O) groups excluding carboxylic acids is 1. The molecule has 0 bridgehead atoms. The van der Waals surface area contributed by atoms with E-state index < -0.39 is 9.85 Å². The third-order valence-corrected chi connectivity index (χ3v) is 4.46. The lowest BCUT2D eigenvalue weighted by Crippen LogP contribution is -2.49. The number of nitrogens with zero attached hydrogens (tertiary/aromatic N) is 4. The van der Waals surface area contributed by atoms with E-state index in [1.165, 1.54) is 24.3 Å².